The Morgan fingerprint density at radius 1 is 0.675 bits per heavy atom. The van der Waals surface area contributed by atoms with Crippen molar-refractivity contribution in [3.05, 3.63) is 16.7 Å². The average molecular weight is 608 g/mol. The van der Waals surface area contributed by atoms with Gasteiger partial charge in [-0.1, -0.05) is 29.3 Å². The second-order valence-corrected chi connectivity index (χ2v) is 11.6. The first-order valence-electron chi connectivity index (χ1n) is 11.8. The fourth-order valence-electron chi connectivity index (χ4n) is 4.48. The van der Waals surface area contributed by atoms with E-state index in [-0.39, 0.29) is 0 Å². The first-order valence-corrected chi connectivity index (χ1v) is 13.6. The number of aliphatic hydroxyl groups excluding tert-OH is 8. The molecule has 2 heterocycles. The zero-order valence-corrected chi connectivity index (χ0v) is 22.2. The molecule has 17 heteroatoms. The summed E-state index contributed by atoms with van der Waals surface area (Å²) in [6.45, 7) is -0.547. The van der Waals surface area contributed by atoms with Crippen molar-refractivity contribution in [2.75, 3.05) is 13.2 Å². The lowest BCUT2D eigenvalue weighted by atomic mass is 9.88. The number of fused-ring (bicyclic) bond motifs is 1. The van der Waals surface area contributed by atoms with Crippen LogP contribution in [0.15, 0.2) is 15.4 Å². The molecule has 40 heavy (non-hydrogen) atoms. The number of carbonyl (C=O) groups excluding carboxylic acids is 2. The number of Topliss-reactive ketones (excluding diaryl/α,β-unsaturated/α-hetero) is 2. The van der Waals surface area contributed by atoms with Crippen molar-refractivity contribution < 1.29 is 75.2 Å². The number of phenols is 2. The molecule has 2 aliphatic heterocycles. The standard InChI is InChI=1S/C23H28O15S2/c1-4-9(26)7-8(13(30)10(4)27)15(32)21(40-23-19(36)17(34)12(29)6(3-25)38-23)20(14(7)31)39-22-18(35)16(33)11(28)5(2-24)37-22/h5-6,11-12,16-19,22-26,28-29,31-36H,2-3H2,1H3/p-1. The fourth-order valence-corrected chi connectivity index (χ4v) is 7.06. The minimum Gasteiger partial charge on any atom is -0.872 e. The predicted molar refractivity (Wildman–Crippen MR) is 131 cm³/mol. The summed E-state index contributed by atoms with van der Waals surface area (Å²) in [5, 5.41) is 116. The van der Waals surface area contributed by atoms with E-state index in [1.54, 1.807) is 0 Å². The fraction of sp³-hybridized carbons (Fsp3) is 0.565. The molecular formula is C23H27O15S2-. The number of ketones is 2. The number of benzene rings is 1. The Bertz CT molecular complexity index is 1220. The summed E-state index contributed by atoms with van der Waals surface area (Å²) in [6.07, 6.45) is -13.6. The van der Waals surface area contributed by atoms with Gasteiger partial charge >= 0.3 is 0 Å². The molecule has 0 saturated carbocycles. The molecule has 0 amide bonds. The zero-order valence-electron chi connectivity index (χ0n) is 20.5. The van der Waals surface area contributed by atoms with Gasteiger partial charge in [0.2, 0.25) is 11.6 Å². The van der Waals surface area contributed by atoms with Gasteiger partial charge in [-0.2, -0.15) is 0 Å². The minimum atomic E-state index is -1.86. The molecule has 2 saturated heterocycles. The number of rotatable bonds is 6. The second-order valence-electron chi connectivity index (χ2n) is 9.35. The predicted octanol–water partition coefficient (Wildman–Crippen LogP) is -4.26. The third-order valence-corrected chi connectivity index (χ3v) is 9.51. The molecule has 10 atom stereocenters. The molecule has 1 aliphatic carbocycles. The third-order valence-electron chi connectivity index (χ3n) is 6.87. The van der Waals surface area contributed by atoms with Gasteiger partial charge in [-0.3, -0.25) is 9.59 Å². The molecule has 1 aromatic carbocycles. The van der Waals surface area contributed by atoms with Crippen LogP contribution in [-0.4, -0.2) is 136 Å². The van der Waals surface area contributed by atoms with Crippen molar-refractivity contribution in [3.63, 3.8) is 0 Å². The highest BCUT2D eigenvalue weighted by atomic mass is 32.2. The Hall–Kier alpha value is -2.00. The Balaban J connectivity index is 1.87. The van der Waals surface area contributed by atoms with E-state index in [1.807, 2.05) is 0 Å². The van der Waals surface area contributed by atoms with Crippen LogP contribution in [0.4, 0.5) is 0 Å². The number of phenolic OH excluding ortho intramolecular Hbond substituents is 2. The number of aromatic hydroxyl groups is 2. The lowest BCUT2D eigenvalue weighted by molar-refractivity contribution is -0.245. The molecule has 10 N–H and O–H groups in total. The normalized spacial score (nSPS) is 36.6. The number of carbonyl (C=O) groups is 2. The molecule has 4 rings (SSSR count). The van der Waals surface area contributed by atoms with Gasteiger partial charge in [0.25, 0.3) is 0 Å². The molecule has 0 spiro atoms. The summed E-state index contributed by atoms with van der Waals surface area (Å²) >= 11 is 0.775. The number of aliphatic hydroxyl groups is 8. The number of hydrogen-bond donors (Lipinski definition) is 10. The van der Waals surface area contributed by atoms with Gasteiger partial charge in [-0.25, -0.2) is 0 Å². The van der Waals surface area contributed by atoms with Crippen LogP contribution < -0.4 is 5.11 Å². The average Bonchev–Trinajstić information content (AvgIpc) is 2.93. The smallest absolute Gasteiger partial charge is 0.237 e. The van der Waals surface area contributed by atoms with Crippen molar-refractivity contribution >= 4 is 40.8 Å². The molecule has 2 fully saturated rings. The number of allylic oxidation sites excluding steroid dienone is 1. The molecule has 0 radical (unpaired) electrons. The largest absolute Gasteiger partial charge is 0.872 e. The zero-order chi connectivity index (χ0) is 29.8. The van der Waals surface area contributed by atoms with Gasteiger partial charge in [0.1, 0.15) is 71.2 Å². The first kappa shape index (κ1) is 30.9. The number of thioether (sulfide) groups is 2. The number of ether oxygens (including phenoxy) is 2. The van der Waals surface area contributed by atoms with E-state index in [9.17, 15) is 65.8 Å². The van der Waals surface area contributed by atoms with Crippen LogP contribution in [0.1, 0.15) is 22.8 Å². The summed E-state index contributed by atoms with van der Waals surface area (Å²) in [5.41, 5.74) is -5.29. The first-order chi connectivity index (χ1) is 18.8. The van der Waals surface area contributed by atoms with Gasteiger partial charge in [0.05, 0.1) is 28.6 Å². The SMILES string of the molecule is CC1=C([O-])c2c(O)c(SC3OC(CO)C(O)C(O)C3O)c(SC3OC(CO)C(O)C(O)C3O)c(O)c2C(=O)C1=O. The maximum atomic E-state index is 12.9. The summed E-state index contributed by atoms with van der Waals surface area (Å²) in [4.78, 5) is 24.2. The highest BCUT2D eigenvalue weighted by molar-refractivity contribution is 8.03. The summed E-state index contributed by atoms with van der Waals surface area (Å²) < 4.78 is 10.9. The Morgan fingerprint density at radius 2 is 1.07 bits per heavy atom. The molecule has 10 unspecified atom stereocenters. The van der Waals surface area contributed by atoms with E-state index in [0.717, 1.165) is 6.92 Å². The Kier molecular flexibility index (Phi) is 9.06. The van der Waals surface area contributed by atoms with Crippen molar-refractivity contribution in [1.82, 2.24) is 0 Å². The lowest BCUT2D eigenvalue weighted by Gasteiger charge is -2.41. The highest BCUT2D eigenvalue weighted by Gasteiger charge is 2.47. The van der Waals surface area contributed by atoms with Crippen molar-refractivity contribution in [2.24, 2.45) is 0 Å². The van der Waals surface area contributed by atoms with Crippen molar-refractivity contribution in [2.45, 2.75) is 76.4 Å². The third kappa shape index (κ3) is 4.99. The van der Waals surface area contributed by atoms with Crippen LogP contribution in [0.25, 0.3) is 5.76 Å². The maximum Gasteiger partial charge on any atom is 0.237 e. The van der Waals surface area contributed by atoms with Crippen LogP contribution >= 0.6 is 23.5 Å². The van der Waals surface area contributed by atoms with Gasteiger partial charge in [-0.15, -0.1) is 0 Å². The van der Waals surface area contributed by atoms with E-state index in [1.165, 1.54) is 0 Å². The summed E-state index contributed by atoms with van der Waals surface area (Å²) in [5.74, 6) is -5.63. The topological polar surface area (TPSA) is 278 Å². The molecule has 3 aliphatic rings. The van der Waals surface area contributed by atoms with Gasteiger partial charge in [0.15, 0.2) is 0 Å². The monoisotopic (exact) mass is 607 g/mol. The van der Waals surface area contributed by atoms with E-state index < -0.39 is 128 Å². The van der Waals surface area contributed by atoms with Crippen molar-refractivity contribution in [1.29, 1.82) is 0 Å². The van der Waals surface area contributed by atoms with Gasteiger partial charge in [0, 0.05) is 5.56 Å². The van der Waals surface area contributed by atoms with Crippen LogP contribution in [0, 0.1) is 0 Å². The summed E-state index contributed by atoms with van der Waals surface area (Å²) in [7, 11) is 0. The molecular weight excluding hydrogens is 580 g/mol. The molecule has 0 aromatic heterocycles. The Morgan fingerprint density at radius 3 is 1.48 bits per heavy atom. The molecule has 1 aromatic rings. The number of hydrogen-bond acceptors (Lipinski definition) is 17. The molecule has 15 nitrogen and oxygen atoms in total. The molecule has 222 valence electrons. The highest BCUT2D eigenvalue weighted by Crippen LogP contribution is 2.54. The van der Waals surface area contributed by atoms with Gasteiger partial charge in [-0.05, 0) is 12.5 Å². The second kappa shape index (κ2) is 11.7. The van der Waals surface area contributed by atoms with Crippen molar-refractivity contribution in [3.8, 4) is 11.5 Å². The Labute approximate surface area is 233 Å². The lowest BCUT2D eigenvalue weighted by Crippen LogP contribution is -2.57. The van der Waals surface area contributed by atoms with Crippen LogP contribution in [-0.2, 0) is 14.3 Å². The summed E-state index contributed by atoms with van der Waals surface area (Å²) in [6, 6.07) is 0. The van der Waals surface area contributed by atoms with Crippen LogP contribution in [0.3, 0.4) is 0 Å². The van der Waals surface area contributed by atoms with Crippen LogP contribution in [0.2, 0.25) is 0 Å². The van der Waals surface area contributed by atoms with Crippen LogP contribution in [0.5, 0.6) is 11.5 Å². The molecule has 0 bridgehead atoms. The van der Waals surface area contributed by atoms with E-state index in [0.29, 0.717) is 23.5 Å². The van der Waals surface area contributed by atoms with Gasteiger partial charge < -0.3 is 65.6 Å². The van der Waals surface area contributed by atoms with E-state index in [4.69, 9.17) is 9.47 Å². The quantitative estimate of drug-likeness (QED) is 0.108. The van der Waals surface area contributed by atoms with E-state index >= 15 is 0 Å². The van der Waals surface area contributed by atoms with E-state index in [2.05, 4.69) is 0 Å². The minimum absolute atomic E-state index is 0.375. The maximum absolute atomic E-state index is 12.9.